The molecule has 0 atom stereocenters. The predicted octanol–water partition coefficient (Wildman–Crippen LogP) is 3.02. The third-order valence-corrected chi connectivity index (χ3v) is 4.77. The SMILES string of the molecule is Cc1cc(N2CCN(c3oc(-c4ccco4)nc3C#N)CC2)c(C#N)c(C)n1. The Morgan fingerprint density at radius 1 is 1.04 bits per heavy atom. The molecule has 0 amide bonds. The van der Waals surface area contributed by atoms with Crippen LogP contribution in [0.25, 0.3) is 11.7 Å². The number of hydrogen-bond donors (Lipinski definition) is 0. The van der Waals surface area contributed by atoms with E-state index in [0.717, 1.165) is 17.1 Å². The molecule has 1 saturated heterocycles. The fourth-order valence-electron chi connectivity index (χ4n) is 3.45. The summed E-state index contributed by atoms with van der Waals surface area (Å²) in [6.45, 7) is 6.46. The van der Waals surface area contributed by atoms with E-state index in [9.17, 15) is 10.5 Å². The van der Waals surface area contributed by atoms with Gasteiger partial charge in [-0.3, -0.25) is 4.98 Å². The minimum absolute atomic E-state index is 0.244. The lowest BCUT2D eigenvalue weighted by Crippen LogP contribution is -2.47. The number of hydrogen-bond acceptors (Lipinski definition) is 8. The van der Waals surface area contributed by atoms with Crippen LogP contribution in [0.15, 0.2) is 33.3 Å². The second kappa shape index (κ2) is 7.09. The lowest BCUT2D eigenvalue weighted by atomic mass is 10.1. The van der Waals surface area contributed by atoms with Crippen LogP contribution in [0.2, 0.25) is 0 Å². The molecule has 140 valence electrons. The standard InChI is InChI=1S/C20H18N6O2/c1-13-10-17(15(11-21)14(2)23-13)25-5-7-26(8-6-25)20-16(12-22)24-19(28-20)18-4-3-9-27-18/h3-4,9-10H,5-8H2,1-2H3. The van der Waals surface area contributed by atoms with Crippen LogP contribution in [0.3, 0.4) is 0 Å². The van der Waals surface area contributed by atoms with Gasteiger partial charge in [-0.05, 0) is 32.0 Å². The van der Waals surface area contributed by atoms with E-state index < -0.39 is 0 Å². The van der Waals surface area contributed by atoms with Gasteiger partial charge >= 0.3 is 0 Å². The summed E-state index contributed by atoms with van der Waals surface area (Å²) in [6, 6.07) is 9.80. The van der Waals surface area contributed by atoms with Gasteiger partial charge in [0, 0.05) is 31.9 Å². The van der Waals surface area contributed by atoms with Crippen molar-refractivity contribution < 1.29 is 8.83 Å². The number of aryl methyl sites for hydroxylation is 2. The molecule has 28 heavy (non-hydrogen) atoms. The molecular weight excluding hydrogens is 356 g/mol. The van der Waals surface area contributed by atoms with Gasteiger partial charge in [-0.2, -0.15) is 15.5 Å². The molecule has 8 heteroatoms. The summed E-state index contributed by atoms with van der Waals surface area (Å²) in [7, 11) is 0. The zero-order chi connectivity index (χ0) is 19.7. The highest BCUT2D eigenvalue weighted by atomic mass is 16.4. The van der Waals surface area contributed by atoms with E-state index in [1.54, 1.807) is 12.1 Å². The van der Waals surface area contributed by atoms with Crippen molar-refractivity contribution >= 4 is 11.6 Å². The van der Waals surface area contributed by atoms with Gasteiger partial charge in [-0.15, -0.1) is 0 Å². The van der Waals surface area contributed by atoms with Crippen molar-refractivity contribution in [3.63, 3.8) is 0 Å². The molecule has 1 aliphatic heterocycles. The van der Waals surface area contributed by atoms with Crippen LogP contribution in [0.4, 0.5) is 11.6 Å². The summed E-state index contributed by atoms with van der Waals surface area (Å²) in [5.41, 5.74) is 3.38. The number of aromatic nitrogens is 2. The molecule has 0 aromatic carbocycles. The van der Waals surface area contributed by atoms with E-state index in [0.29, 0.717) is 49.3 Å². The van der Waals surface area contributed by atoms with Crippen molar-refractivity contribution in [2.75, 3.05) is 36.0 Å². The lowest BCUT2D eigenvalue weighted by Gasteiger charge is -2.36. The smallest absolute Gasteiger partial charge is 0.266 e. The van der Waals surface area contributed by atoms with Crippen molar-refractivity contribution in [2.24, 2.45) is 0 Å². The van der Waals surface area contributed by atoms with Gasteiger partial charge in [0.05, 0.1) is 23.2 Å². The highest BCUT2D eigenvalue weighted by molar-refractivity contribution is 5.63. The van der Waals surface area contributed by atoms with E-state index in [2.05, 4.69) is 27.0 Å². The molecule has 0 aliphatic carbocycles. The third kappa shape index (κ3) is 3.06. The first-order valence-corrected chi connectivity index (χ1v) is 8.93. The maximum Gasteiger partial charge on any atom is 0.266 e. The molecule has 3 aromatic heterocycles. The molecule has 4 rings (SSSR count). The Morgan fingerprint density at radius 3 is 2.43 bits per heavy atom. The van der Waals surface area contributed by atoms with Crippen molar-refractivity contribution in [3.05, 3.63) is 47.1 Å². The molecule has 0 unspecified atom stereocenters. The summed E-state index contributed by atoms with van der Waals surface area (Å²) in [5, 5.41) is 19.0. The second-order valence-electron chi connectivity index (χ2n) is 6.59. The topological polar surface area (TPSA) is 106 Å². The summed E-state index contributed by atoms with van der Waals surface area (Å²) in [4.78, 5) is 12.8. The number of furan rings is 1. The van der Waals surface area contributed by atoms with E-state index >= 15 is 0 Å². The number of oxazole rings is 1. The summed E-state index contributed by atoms with van der Waals surface area (Å²) in [5.74, 6) is 1.24. The van der Waals surface area contributed by atoms with Gasteiger partial charge < -0.3 is 18.6 Å². The Balaban J connectivity index is 1.56. The molecule has 0 radical (unpaired) electrons. The van der Waals surface area contributed by atoms with Crippen LogP contribution < -0.4 is 9.80 Å². The normalized spacial score (nSPS) is 14.0. The average Bonchev–Trinajstić information content (AvgIpc) is 3.37. The largest absolute Gasteiger partial charge is 0.459 e. The first-order chi connectivity index (χ1) is 13.6. The molecule has 0 spiro atoms. The lowest BCUT2D eigenvalue weighted by molar-refractivity contribution is 0.501. The van der Waals surface area contributed by atoms with Crippen LogP contribution in [-0.4, -0.2) is 36.1 Å². The number of anilines is 2. The Morgan fingerprint density at radius 2 is 1.79 bits per heavy atom. The zero-order valence-electron chi connectivity index (χ0n) is 15.6. The van der Waals surface area contributed by atoms with Crippen molar-refractivity contribution in [2.45, 2.75) is 13.8 Å². The van der Waals surface area contributed by atoms with E-state index in [-0.39, 0.29) is 5.69 Å². The molecule has 3 aromatic rings. The first-order valence-electron chi connectivity index (χ1n) is 8.93. The zero-order valence-corrected chi connectivity index (χ0v) is 15.6. The Labute approximate surface area is 162 Å². The fraction of sp³-hybridized carbons (Fsp3) is 0.300. The molecular formula is C20H18N6O2. The van der Waals surface area contributed by atoms with E-state index in [1.807, 2.05) is 24.8 Å². The molecule has 1 aliphatic rings. The molecule has 1 fully saturated rings. The Hall–Kier alpha value is -3.78. The molecule has 0 N–H and O–H groups in total. The predicted molar refractivity (Wildman–Crippen MR) is 102 cm³/mol. The summed E-state index contributed by atoms with van der Waals surface area (Å²) < 4.78 is 11.1. The van der Waals surface area contributed by atoms with Gasteiger partial charge in [-0.1, -0.05) is 0 Å². The monoisotopic (exact) mass is 374 g/mol. The minimum atomic E-state index is 0.244. The number of piperazine rings is 1. The molecule has 0 bridgehead atoms. The second-order valence-corrected chi connectivity index (χ2v) is 6.59. The van der Waals surface area contributed by atoms with Gasteiger partial charge in [0.15, 0.2) is 5.76 Å². The highest BCUT2D eigenvalue weighted by Gasteiger charge is 2.26. The van der Waals surface area contributed by atoms with Gasteiger partial charge in [0.25, 0.3) is 5.89 Å². The number of rotatable bonds is 3. The maximum absolute atomic E-state index is 9.52. The van der Waals surface area contributed by atoms with Gasteiger partial charge in [0.1, 0.15) is 12.1 Å². The minimum Gasteiger partial charge on any atom is -0.459 e. The number of pyridine rings is 1. The van der Waals surface area contributed by atoms with Crippen molar-refractivity contribution in [1.82, 2.24) is 9.97 Å². The van der Waals surface area contributed by atoms with Crippen LogP contribution in [0, 0.1) is 36.5 Å². The Kier molecular flexibility index (Phi) is 4.46. The molecule has 4 heterocycles. The van der Waals surface area contributed by atoms with Crippen LogP contribution in [-0.2, 0) is 0 Å². The van der Waals surface area contributed by atoms with E-state index in [1.165, 1.54) is 6.26 Å². The summed E-state index contributed by atoms with van der Waals surface area (Å²) >= 11 is 0. The summed E-state index contributed by atoms with van der Waals surface area (Å²) in [6.07, 6.45) is 1.54. The number of nitrogens with zero attached hydrogens (tertiary/aromatic N) is 6. The fourth-order valence-corrected chi connectivity index (χ4v) is 3.45. The van der Waals surface area contributed by atoms with Crippen LogP contribution in [0.5, 0.6) is 0 Å². The highest BCUT2D eigenvalue weighted by Crippen LogP contribution is 2.30. The van der Waals surface area contributed by atoms with Gasteiger partial charge in [0.2, 0.25) is 11.6 Å². The molecule has 0 saturated carbocycles. The third-order valence-electron chi connectivity index (χ3n) is 4.77. The van der Waals surface area contributed by atoms with Crippen LogP contribution >= 0.6 is 0 Å². The maximum atomic E-state index is 9.52. The first kappa shape index (κ1) is 17.6. The quantitative estimate of drug-likeness (QED) is 0.689. The van der Waals surface area contributed by atoms with Crippen molar-refractivity contribution in [3.8, 4) is 23.8 Å². The van der Waals surface area contributed by atoms with Crippen LogP contribution in [0.1, 0.15) is 22.6 Å². The van der Waals surface area contributed by atoms with E-state index in [4.69, 9.17) is 8.83 Å². The number of nitriles is 2. The van der Waals surface area contributed by atoms with Crippen molar-refractivity contribution in [1.29, 1.82) is 10.5 Å². The Bertz CT molecular complexity index is 1080. The molecule has 8 nitrogen and oxygen atoms in total. The average molecular weight is 374 g/mol. The van der Waals surface area contributed by atoms with Gasteiger partial charge in [-0.25, -0.2) is 0 Å².